The summed E-state index contributed by atoms with van der Waals surface area (Å²) in [4.78, 5) is 9.29. The van der Waals surface area contributed by atoms with Crippen molar-refractivity contribution < 1.29 is 8.42 Å². The number of hydrogen-bond acceptors (Lipinski definition) is 6. The molecule has 150 valence electrons. The highest BCUT2D eigenvalue weighted by atomic mass is 32.2. The van der Waals surface area contributed by atoms with E-state index >= 15 is 0 Å². The Kier molecular flexibility index (Phi) is 5.46. The first kappa shape index (κ1) is 19.4. The molecule has 1 aliphatic rings. The third-order valence-corrected chi connectivity index (χ3v) is 6.26. The van der Waals surface area contributed by atoms with Gasteiger partial charge in [-0.25, -0.2) is 18.1 Å². The van der Waals surface area contributed by atoms with Gasteiger partial charge in [-0.3, -0.25) is 0 Å². The molecule has 1 aliphatic heterocycles. The third-order valence-electron chi connectivity index (χ3n) is 4.80. The van der Waals surface area contributed by atoms with E-state index in [9.17, 15) is 8.42 Å². The first-order valence-corrected chi connectivity index (χ1v) is 11.1. The maximum atomic E-state index is 12.5. The van der Waals surface area contributed by atoms with Crippen molar-refractivity contribution in [2.24, 2.45) is 0 Å². The Morgan fingerprint density at radius 3 is 2.69 bits per heavy atom. The molecule has 7 nitrogen and oxygen atoms in total. The maximum absolute atomic E-state index is 12.5. The molecule has 4 bridgehead atoms. The zero-order chi connectivity index (χ0) is 20.3. The van der Waals surface area contributed by atoms with Crippen LogP contribution in [0.5, 0.6) is 0 Å². The SMILES string of the molecule is CCc1ccc(-c2cnc3nc2NCCCNS(=O)(=O)c2cccc(c2)N3)cc1. The highest BCUT2D eigenvalue weighted by Gasteiger charge is 2.16. The van der Waals surface area contributed by atoms with Gasteiger partial charge >= 0.3 is 0 Å². The van der Waals surface area contributed by atoms with E-state index in [1.165, 1.54) is 5.56 Å². The topological polar surface area (TPSA) is 96.0 Å². The number of fused-ring (bicyclic) bond motifs is 4. The van der Waals surface area contributed by atoms with Gasteiger partial charge in [0.1, 0.15) is 5.82 Å². The molecule has 0 fully saturated rings. The van der Waals surface area contributed by atoms with Gasteiger partial charge in [-0.1, -0.05) is 37.3 Å². The fourth-order valence-corrected chi connectivity index (χ4v) is 4.28. The Bertz CT molecular complexity index is 1110. The van der Waals surface area contributed by atoms with Gasteiger partial charge in [0.05, 0.1) is 4.90 Å². The van der Waals surface area contributed by atoms with E-state index < -0.39 is 10.0 Å². The van der Waals surface area contributed by atoms with Gasteiger partial charge in [-0.15, -0.1) is 0 Å². The minimum atomic E-state index is -3.55. The van der Waals surface area contributed by atoms with Crippen LogP contribution in [0.25, 0.3) is 11.1 Å². The standard InChI is InChI=1S/C21H23N5O2S/c1-2-15-7-9-16(10-8-15)19-14-23-21-25-17-5-3-6-18(13-17)29(27,28)24-12-4-11-22-20(19)26-21/h3,5-10,13-14,24H,2,4,11-12H2,1H3,(H2,22,23,25,26). The van der Waals surface area contributed by atoms with Crippen molar-refractivity contribution in [3.05, 3.63) is 60.3 Å². The Morgan fingerprint density at radius 2 is 1.90 bits per heavy atom. The van der Waals surface area contributed by atoms with Gasteiger partial charge in [0.25, 0.3) is 0 Å². The quantitative estimate of drug-likeness (QED) is 0.599. The predicted octanol–water partition coefficient (Wildman–Crippen LogP) is 3.54. The number of nitrogens with zero attached hydrogens (tertiary/aromatic N) is 2. The highest BCUT2D eigenvalue weighted by Crippen LogP contribution is 2.28. The second kappa shape index (κ2) is 8.18. The number of nitrogens with one attached hydrogen (secondary N) is 3. The molecule has 0 unspecified atom stereocenters. The van der Waals surface area contributed by atoms with E-state index in [0.717, 1.165) is 17.5 Å². The fraction of sp³-hybridized carbons (Fsp3) is 0.238. The summed E-state index contributed by atoms with van der Waals surface area (Å²) in [6, 6.07) is 15.0. The van der Waals surface area contributed by atoms with Crippen LogP contribution >= 0.6 is 0 Å². The van der Waals surface area contributed by atoms with Crippen LogP contribution in [0.4, 0.5) is 17.5 Å². The Balaban J connectivity index is 1.72. The van der Waals surface area contributed by atoms with Crippen LogP contribution in [0.3, 0.4) is 0 Å². The lowest BCUT2D eigenvalue weighted by Gasteiger charge is -2.13. The molecule has 0 radical (unpaired) electrons. The Hall–Kier alpha value is -2.97. The highest BCUT2D eigenvalue weighted by molar-refractivity contribution is 7.89. The zero-order valence-corrected chi connectivity index (χ0v) is 17.0. The molecule has 0 spiro atoms. The second-order valence-corrected chi connectivity index (χ2v) is 8.60. The fourth-order valence-electron chi connectivity index (χ4n) is 3.16. The summed E-state index contributed by atoms with van der Waals surface area (Å²) in [6.45, 7) is 3.05. The van der Waals surface area contributed by atoms with Crippen LogP contribution in [0.15, 0.2) is 59.6 Å². The molecule has 3 aromatic rings. The van der Waals surface area contributed by atoms with Crippen molar-refractivity contribution in [2.75, 3.05) is 23.7 Å². The van der Waals surface area contributed by atoms with E-state index in [1.54, 1.807) is 30.5 Å². The first-order valence-electron chi connectivity index (χ1n) is 9.62. The van der Waals surface area contributed by atoms with Gasteiger partial charge in [0.15, 0.2) is 0 Å². The van der Waals surface area contributed by atoms with E-state index in [0.29, 0.717) is 37.0 Å². The number of rotatable bonds is 2. The third kappa shape index (κ3) is 4.38. The largest absolute Gasteiger partial charge is 0.369 e. The molecule has 3 N–H and O–H groups in total. The van der Waals surface area contributed by atoms with Crippen LogP contribution in [0.2, 0.25) is 0 Å². The van der Waals surface area contributed by atoms with Crippen molar-refractivity contribution >= 4 is 27.5 Å². The zero-order valence-electron chi connectivity index (χ0n) is 16.1. The molecule has 1 aromatic heterocycles. The molecule has 2 heterocycles. The maximum Gasteiger partial charge on any atom is 0.240 e. The average molecular weight is 410 g/mol. The van der Waals surface area contributed by atoms with Crippen molar-refractivity contribution in [1.29, 1.82) is 0 Å². The molecule has 0 amide bonds. The number of anilines is 3. The minimum absolute atomic E-state index is 0.211. The number of aromatic nitrogens is 2. The van der Waals surface area contributed by atoms with Gasteiger partial charge in [0, 0.05) is 30.5 Å². The second-order valence-electron chi connectivity index (χ2n) is 6.84. The first-order chi connectivity index (χ1) is 14.0. The van der Waals surface area contributed by atoms with Crippen LogP contribution in [-0.4, -0.2) is 31.5 Å². The van der Waals surface area contributed by atoms with Crippen molar-refractivity contribution in [3.63, 3.8) is 0 Å². The summed E-state index contributed by atoms with van der Waals surface area (Å²) >= 11 is 0. The van der Waals surface area contributed by atoms with Gasteiger partial charge in [-0.05, 0) is 42.2 Å². The number of aryl methyl sites for hydroxylation is 1. The van der Waals surface area contributed by atoms with Crippen molar-refractivity contribution in [3.8, 4) is 11.1 Å². The molecule has 0 atom stereocenters. The van der Waals surface area contributed by atoms with Crippen LogP contribution in [0, 0.1) is 0 Å². The summed E-state index contributed by atoms with van der Waals surface area (Å²) in [5, 5.41) is 6.43. The Labute approximate surface area is 170 Å². The van der Waals surface area contributed by atoms with Gasteiger partial charge in [0.2, 0.25) is 16.0 Å². The van der Waals surface area contributed by atoms with Crippen LogP contribution < -0.4 is 15.4 Å². The summed E-state index contributed by atoms with van der Waals surface area (Å²) < 4.78 is 27.6. The normalized spacial score (nSPS) is 15.8. The van der Waals surface area contributed by atoms with Crippen molar-refractivity contribution in [1.82, 2.24) is 14.7 Å². The van der Waals surface area contributed by atoms with Gasteiger partial charge in [-0.2, -0.15) is 4.98 Å². The number of benzene rings is 2. The molecule has 2 aromatic carbocycles. The van der Waals surface area contributed by atoms with E-state index in [-0.39, 0.29) is 4.90 Å². The lowest BCUT2D eigenvalue weighted by Crippen LogP contribution is -2.26. The Morgan fingerprint density at radius 1 is 1.07 bits per heavy atom. The smallest absolute Gasteiger partial charge is 0.240 e. The minimum Gasteiger partial charge on any atom is -0.369 e. The predicted molar refractivity (Wildman–Crippen MR) is 115 cm³/mol. The summed E-state index contributed by atoms with van der Waals surface area (Å²) in [7, 11) is -3.55. The monoisotopic (exact) mass is 409 g/mol. The van der Waals surface area contributed by atoms with E-state index in [2.05, 4.69) is 56.5 Å². The molecule has 8 heteroatoms. The van der Waals surface area contributed by atoms with E-state index in [1.807, 2.05) is 0 Å². The average Bonchev–Trinajstić information content (AvgIpc) is 2.74. The molecule has 0 saturated carbocycles. The molecule has 4 rings (SSSR count). The van der Waals surface area contributed by atoms with E-state index in [4.69, 9.17) is 0 Å². The number of hydrogen-bond donors (Lipinski definition) is 3. The number of sulfonamides is 1. The molecular formula is C21H23N5O2S. The van der Waals surface area contributed by atoms with Crippen LogP contribution in [0.1, 0.15) is 18.9 Å². The van der Waals surface area contributed by atoms with Gasteiger partial charge < -0.3 is 10.6 Å². The molecule has 29 heavy (non-hydrogen) atoms. The van der Waals surface area contributed by atoms with Crippen molar-refractivity contribution in [2.45, 2.75) is 24.7 Å². The lowest BCUT2D eigenvalue weighted by atomic mass is 10.0. The summed E-state index contributed by atoms with van der Waals surface area (Å²) in [5.41, 5.74) is 3.82. The lowest BCUT2D eigenvalue weighted by molar-refractivity contribution is 0.580. The summed E-state index contributed by atoms with van der Waals surface area (Å²) in [6.07, 6.45) is 3.40. The molecule has 0 saturated heterocycles. The molecule has 0 aliphatic carbocycles. The molecular weight excluding hydrogens is 386 g/mol. The summed E-state index contributed by atoms with van der Waals surface area (Å²) in [5.74, 6) is 1.12. The van der Waals surface area contributed by atoms with Crippen LogP contribution in [-0.2, 0) is 16.4 Å².